The first-order chi connectivity index (χ1) is 60.1. The van der Waals surface area contributed by atoms with E-state index in [1.54, 1.807) is 66.7 Å². The lowest BCUT2D eigenvalue weighted by Gasteiger charge is -2.30. The average Bonchev–Trinajstić information content (AvgIpc) is 1.76. The van der Waals surface area contributed by atoms with E-state index < -0.39 is 67.2 Å². The van der Waals surface area contributed by atoms with Crippen LogP contribution in [-0.4, -0.2) is 33.5 Å². The Labute approximate surface area is 736 Å². The third kappa shape index (κ3) is 22.7. The zero-order valence-electron chi connectivity index (χ0n) is 73.8. The molecule has 0 saturated heterocycles. The van der Waals surface area contributed by atoms with E-state index in [0.717, 1.165) is 207 Å². The smallest absolute Gasteiger partial charge is 0.337 e. The summed E-state index contributed by atoms with van der Waals surface area (Å²) in [6.45, 7) is 21.4. The Bertz CT molecular complexity index is 4950. The van der Waals surface area contributed by atoms with Gasteiger partial charge in [-0.05, 0) is 272 Å². The zero-order valence-corrected chi connectivity index (χ0v) is 73.8. The normalized spacial score (nSPS) is 19.4. The lowest BCUT2D eigenvalue weighted by atomic mass is 9.75. The van der Waals surface area contributed by atoms with Crippen molar-refractivity contribution in [3.8, 4) is 55.6 Å². The standard InChI is InChI=1S/C22H23F3O2.4C21H23F3O/c1-22(2)10-4-5-18(22)16-12-14(21(26)27-3)6-8-15(16)17-11-13(20(24)25)7-9-19(17)23;4*1-21(2)9-3-4-18(21)16-10-13(12-25)5-7-15(16)17-11-14(20(23)24)6-8-19(17)22/h6-9,11-12,18,20H,4-5,10H2,1-3H3;4*5-8,10-11,18,20,25H,3-4,9,12H2,1-2H3/t;2*18-;;/m.10../s1. The van der Waals surface area contributed by atoms with Crippen LogP contribution in [0.3, 0.4) is 0 Å². The van der Waals surface area contributed by atoms with Crippen LogP contribution < -0.4 is 0 Å². The number of aliphatic hydroxyl groups excluding tert-OH is 4. The Balaban J connectivity index is 0.000000154. The first kappa shape index (κ1) is 98.1. The topological polar surface area (TPSA) is 107 Å². The van der Waals surface area contributed by atoms with Crippen molar-refractivity contribution in [1.29, 1.82) is 0 Å². The van der Waals surface area contributed by atoms with Gasteiger partial charge in [0, 0.05) is 55.6 Å². The fourth-order valence-electron chi connectivity index (χ4n) is 20.3. The first-order valence-corrected chi connectivity index (χ1v) is 43.6. The maximum Gasteiger partial charge on any atom is 0.337 e. The Kier molecular flexibility index (Phi) is 32.0. The highest BCUT2D eigenvalue weighted by molar-refractivity contribution is 5.91. The molecule has 5 fully saturated rings. The van der Waals surface area contributed by atoms with Crippen molar-refractivity contribution < 1.29 is 95.8 Å². The molecule has 3 unspecified atom stereocenters. The summed E-state index contributed by atoms with van der Waals surface area (Å²) in [6, 6.07) is 43.8. The van der Waals surface area contributed by atoms with Crippen LogP contribution in [0, 0.1) is 56.2 Å². The lowest BCUT2D eigenvalue weighted by Crippen LogP contribution is -2.17. The van der Waals surface area contributed by atoms with Crippen LogP contribution in [0.1, 0.15) is 316 Å². The van der Waals surface area contributed by atoms with Crippen LogP contribution in [0.2, 0.25) is 0 Å². The second-order valence-corrected chi connectivity index (χ2v) is 38.0. The number of hydrogen-bond acceptors (Lipinski definition) is 6. The molecule has 0 aliphatic heterocycles. The zero-order chi connectivity index (χ0) is 92.5. The van der Waals surface area contributed by atoms with Crippen LogP contribution >= 0.6 is 0 Å². The van der Waals surface area contributed by atoms with E-state index in [0.29, 0.717) is 33.4 Å². The Morgan fingerprint density at radius 2 is 0.472 bits per heavy atom. The molecule has 0 heterocycles. The number of halogens is 15. The maximum atomic E-state index is 14.6. The number of carbonyl (C=O) groups excluding carboxylic acids is 1. The SMILES string of the molecule is CC1(C)CCCC1c1cc(CO)ccc1-c1cc(C(F)F)ccc1F.CC1(C)CCCC1c1cc(CO)ccc1-c1cc(C(F)F)ccc1F.CC1(C)CCC[C@@H]1c1cc(CO)ccc1-c1cc(C(F)F)ccc1F.CC1(C)CCC[C@H]1c1cc(CO)ccc1-c1cc(C(F)F)ccc1F.COC(=O)c1ccc(-c2cc(C(F)F)ccc2F)c(C2CCCC2(C)C)c1. The number of rotatable bonds is 20. The van der Waals surface area contributed by atoms with Gasteiger partial charge in [0.2, 0.25) is 0 Å². The predicted molar refractivity (Wildman–Crippen MR) is 471 cm³/mol. The van der Waals surface area contributed by atoms with Gasteiger partial charge in [0.05, 0.1) is 39.1 Å². The quantitative estimate of drug-likeness (QED) is 0.0447. The molecule has 10 aromatic carbocycles. The molecule has 10 aromatic rings. The molecule has 0 bridgehead atoms. The minimum atomic E-state index is -2.68. The van der Waals surface area contributed by atoms with Crippen molar-refractivity contribution in [2.24, 2.45) is 27.1 Å². The lowest BCUT2D eigenvalue weighted by molar-refractivity contribution is 0.0600. The van der Waals surface area contributed by atoms with Gasteiger partial charge in [-0.3, -0.25) is 0 Å². The van der Waals surface area contributed by atoms with Gasteiger partial charge in [-0.15, -0.1) is 0 Å². The van der Waals surface area contributed by atoms with Gasteiger partial charge in [0.25, 0.3) is 32.1 Å². The largest absolute Gasteiger partial charge is 0.465 e. The Morgan fingerprint density at radius 1 is 0.283 bits per heavy atom. The second-order valence-electron chi connectivity index (χ2n) is 38.0. The summed E-state index contributed by atoms with van der Waals surface area (Å²) in [5, 5.41) is 38.0. The van der Waals surface area contributed by atoms with Crippen molar-refractivity contribution in [2.45, 2.75) is 254 Å². The fourth-order valence-corrected chi connectivity index (χ4v) is 20.3. The molecule has 0 radical (unpaired) electrons. The molecule has 0 aromatic heterocycles. The number of esters is 1. The number of alkyl halides is 10. The Morgan fingerprint density at radius 3 is 0.638 bits per heavy atom. The number of carbonyl (C=O) groups is 1. The van der Waals surface area contributed by atoms with E-state index in [4.69, 9.17) is 4.74 Å². The van der Waals surface area contributed by atoms with Crippen molar-refractivity contribution in [2.75, 3.05) is 7.11 Å². The van der Waals surface area contributed by atoms with Crippen LogP contribution in [0.4, 0.5) is 65.9 Å². The highest BCUT2D eigenvalue weighted by Gasteiger charge is 2.43. The van der Waals surface area contributed by atoms with E-state index in [1.165, 1.54) is 37.4 Å². The summed E-state index contributed by atoms with van der Waals surface area (Å²) >= 11 is 0. The Hall–Kier alpha value is -9.54. The van der Waals surface area contributed by atoms with Crippen molar-refractivity contribution in [3.05, 3.63) is 295 Å². The molecule has 127 heavy (non-hydrogen) atoms. The molecule has 4 N–H and O–H groups in total. The average molecular weight is 1770 g/mol. The highest BCUT2D eigenvalue weighted by Crippen LogP contribution is 2.57. The molecule has 5 atom stereocenters. The number of aliphatic hydroxyl groups is 4. The van der Waals surface area contributed by atoms with Crippen molar-refractivity contribution >= 4 is 5.97 Å². The molecule has 0 amide bonds. The van der Waals surface area contributed by atoms with Gasteiger partial charge in [-0.1, -0.05) is 211 Å². The molecule has 6 nitrogen and oxygen atoms in total. The molecule has 5 saturated carbocycles. The molecule has 680 valence electrons. The number of methoxy groups -OCH3 is 1. The summed E-state index contributed by atoms with van der Waals surface area (Å²) in [5.41, 5.74) is 11.4. The molecule has 0 spiro atoms. The van der Waals surface area contributed by atoms with Crippen LogP contribution in [0.25, 0.3) is 55.6 Å². The van der Waals surface area contributed by atoms with Gasteiger partial charge in [0.1, 0.15) is 29.1 Å². The third-order valence-electron chi connectivity index (χ3n) is 27.5. The fraction of sp³-hybridized carbons (Fsp3) is 0.425. The minimum Gasteiger partial charge on any atom is -0.465 e. The van der Waals surface area contributed by atoms with E-state index in [9.17, 15) is 91.1 Å². The number of benzene rings is 10. The maximum absolute atomic E-state index is 14.6. The molecule has 21 heteroatoms. The van der Waals surface area contributed by atoms with Gasteiger partial charge >= 0.3 is 5.97 Å². The van der Waals surface area contributed by atoms with Crippen LogP contribution in [-0.2, 0) is 31.2 Å². The summed E-state index contributed by atoms with van der Waals surface area (Å²) < 4.78 is 208. The van der Waals surface area contributed by atoms with Crippen molar-refractivity contribution in [1.82, 2.24) is 0 Å². The molecular weight excluding hydrogens is 1650 g/mol. The van der Waals surface area contributed by atoms with Crippen LogP contribution in [0.5, 0.6) is 0 Å². The number of ether oxygens (including phenoxy) is 1. The summed E-state index contributed by atoms with van der Waals surface area (Å²) in [4.78, 5) is 12.0. The monoisotopic (exact) mass is 1770 g/mol. The van der Waals surface area contributed by atoms with E-state index in [-0.39, 0.29) is 139 Å². The van der Waals surface area contributed by atoms with Gasteiger partial charge in [0.15, 0.2) is 0 Å². The van der Waals surface area contributed by atoms with Gasteiger partial charge < -0.3 is 25.2 Å². The summed E-state index contributed by atoms with van der Waals surface area (Å²) in [6.07, 6.45) is 2.24. The van der Waals surface area contributed by atoms with E-state index in [2.05, 4.69) is 69.2 Å². The van der Waals surface area contributed by atoms with Crippen molar-refractivity contribution in [3.63, 3.8) is 0 Å². The summed E-state index contributed by atoms with van der Waals surface area (Å²) in [7, 11) is 1.31. The van der Waals surface area contributed by atoms with E-state index >= 15 is 0 Å². The highest BCUT2D eigenvalue weighted by atomic mass is 19.3. The second kappa shape index (κ2) is 41.5. The van der Waals surface area contributed by atoms with Gasteiger partial charge in [-0.2, -0.15) is 0 Å². The predicted octanol–water partition coefficient (Wildman–Crippen LogP) is 31.4. The third-order valence-corrected chi connectivity index (χ3v) is 27.5. The van der Waals surface area contributed by atoms with Crippen LogP contribution in [0.15, 0.2) is 182 Å². The van der Waals surface area contributed by atoms with Gasteiger partial charge in [-0.25, -0.2) is 70.7 Å². The minimum absolute atomic E-state index is 0.0275. The molecule has 5 aliphatic rings. The molecular formula is C106H115F15O6. The molecule has 15 rings (SSSR count). The summed E-state index contributed by atoms with van der Waals surface area (Å²) in [5.74, 6) is -2.08. The first-order valence-electron chi connectivity index (χ1n) is 43.6. The van der Waals surface area contributed by atoms with E-state index in [1.807, 2.05) is 24.3 Å². The molecule has 5 aliphatic carbocycles. The number of hydrogen-bond donors (Lipinski definition) is 4.